The average molecular weight is 340 g/mol. The van der Waals surface area contributed by atoms with Crippen LogP contribution >= 0.6 is 0 Å². The van der Waals surface area contributed by atoms with Crippen molar-refractivity contribution in [2.24, 2.45) is 5.34 Å². The maximum Gasteiger partial charge on any atom is 0.152 e. The molecule has 0 amide bonds. The SMILES string of the molecule is N.N.N.N.O=NO.O=[N+]([O-])[O-].O=[N+]([O-])[O-].[Ru]. The van der Waals surface area contributed by atoms with Crippen LogP contribution in [0, 0.1) is 35.6 Å². The quantitative estimate of drug-likeness (QED) is 0.172. The smallest absolute Gasteiger partial charge is 0.152 e. The summed E-state index contributed by atoms with van der Waals surface area (Å²) in [7, 11) is 0. The van der Waals surface area contributed by atoms with E-state index in [0.29, 0.717) is 0 Å². The van der Waals surface area contributed by atoms with E-state index in [1.165, 1.54) is 5.34 Å². The summed E-state index contributed by atoms with van der Waals surface area (Å²) < 4.78 is 0. The van der Waals surface area contributed by atoms with Crippen LogP contribution in [-0.4, -0.2) is 15.4 Å². The first-order chi connectivity index (χ1) is 4.88. The fourth-order valence-electron chi connectivity index (χ4n) is 0. The average Bonchev–Trinajstić information content (AvgIpc) is 1.60. The molecule has 106 valence electrons. The van der Waals surface area contributed by atoms with E-state index >= 15 is 0 Å². The Balaban J connectivity index is -0.00000000872. The second kappa shape index (κ2) is 72.0. The van der Waals surface area contributed by atoms with Gasteiger partial charge in [-0.15, -0.1) is 4.91 Å². The third-order valence-electron chi connectivity index (χ3n) is 0. The molecule has 16 heteroatoms. The summed E-state index contributed by atoms with van der Waals surface area (Å²) in [5.41, 5.74) is 0. The van der Waals surface area contributed by atoms with Gasteiger partial charge in [0.2, 0.25) is 0 Å². The van der Waals surface area contributed by atoms with Gasteiger partial charge in [-0.3, -0.25) is 0 Å². The first-order valence-corrected chi connectivity index (χ1v) is 1.48. The van der Waals surface area contributed by atoms with E-state index in [9.17, 15) is 0 Å². The Morgan fingerprint density at radius 3 is 0.812 bits per heavy atom. The van der Waals surface area contributed by atoms with Crippen molar-refractivity contribution >= 4 is 0 Å². The molecule has 0 aliphatic rings. The first kappa shape index (κ1) is 64.0. The molecule has 0 aromatic carbocycles. The van der Waals surface area contributed by atoms with E-state index < -0.39 is 10.2 Å². The molecule has 0 saturated heterocycles. The molecule has 0 aliphatic heterocycles. The molecule has 0 rings (SSSR count). The van der Waals surface area contributed by atoms with Gasteiger partial charge in [-0.2, -0.15) is 0 Å². The van der Waals surface area contributed by atoms with Crippen molar-refractivity contribution < 1.29 is 34.9 Å². The van der Waals surface area contributed by atoms with E-state index in [4.69, 9.17) is 40.8 Å². The minimum absolute atomic E-state index is 0. The first-order valence-electron chi connectivity index (χ1n) is 1.48. The standard InChI is InChI=1S/2NO3.HNO2.4H3N.Ru/c2*2-1(3)4;2-1-3;;;;;/h;;(H,2,3);4*1H3;/q2*-1;;;;;;. The van der Waals surface area contributed by atoms with E-state index in [2.05, 4.69) is 0 Å². The van der Waals surface area contributed by atoms with Crippen LogP contribution in [0.25, 0.3) is 0 Å². The molecule has 0 aliphatic carbocycles. The molecule has 15 nitrogen and oxygen atoms in total. The van der Waals surface area contributed by atoms with Crippen molar-refractivity contribution in [3.63, 3.8) is 0 Å². The monoisotopic (exact) mass is 341 g/mol. The van der Waals surface area contributed by atoms with Crippen molar-refractivity contribution in [3.8, 4) is 0 Å². The van der Waals surface area contributed by atoms with Crippen LogP contribution in [0.15, 0.2) is 5.34 Å². The zero-order valence-corrected chi connectivity index (χ0v) is 9.57. The Bertz CT molecular complexity index is 108. The van der Waals surface area contributed by atoms with Gasteiger partial charge >= 0.3 is 0 Å². The van der Waals surface area contributed by atoms with Crippen molar-refractivity contribution in [2.75, 3.05) is 0 Å². The number of hydrogen-bond donors (Lipinski definition) is 5. The van der Waals surface area contributed by atoms with Crippen molar-refractivity contribution in [1.29, 1.82) is 0 Å². The Hall–Kier alpha value is -1.74. The minimum Gasteiger partial charge on any atom is -0.379 e. The molecule has 16 heavy (non-hydrogen) atoms. The fourth-order valence-corrected chi connectivity index (χ4v) is 0. The van der Waals surface area contributed by atoms with Crippen LogP contribution in [0.5, 0.6) is 0 Å². The van der Waals surface area contributed by atoms with Crippen LogP contribution in [0.1, 0.15) is 0 Å². The summed E-state index contributed by atoms with van der Waals surface area (Å²) in [6.07, 6.45) is 0. The summed E-state index contributed by atoms with van der Waals surface area (Å²) in [4.78, 5) is 24.6. The van der Waals surface area contributed by atoms with Gasteiger partial charge in [-0.1, -0.05) is 0 Å². The Morgan fingerprint density at radius 2 is 0.812 bits per heavy atom. The van der Waals surface area contributed by atoms with Crippen LogP contribution < -0.4 is 24.6 Å². The minimum atomic E-state index is -1.75. The van der Waals surface area contributed by atoms with Crippen molar-refractivity contribution in [1.82, 2.24) is 24.6 Å². The molecular weight excluding hydrogens is 327 g/mol. The maximum atomic E-state index is 8.25. The van der Waals surface area contributed by atoms with Gasteiger partial charge in [-0.05, 0) is 0 Å². The van der Waals surface area contributed by atoms with Crippen molar-refractivity contribution in [2.45, 2.75) is 0 Å². The molecule has 0 radical (unpaired) electrons. The van der Waals surface area contributed by atoms with Crippen LogP contribution in [0.2, 0.25) is 0 Å². The summed E-state index contributed by atoms with van der Waals surface area (Å²) in [6.45, 7) is 0. The largest absolute Gasteiger partial charge is 0.379 e. The number of nitrogens with zero attached hydrogens (tertiary/aromatic N) is 3. The number of rotatable bonds is 0. The molecule has 0 atom stereocenters. The van der Waals surface area contributed by atoms with E-state index in [0.717, 1.165) is 0 Å². The van der Waals surface area contributed by atoms with Crippen LogP contribution in [-0.2, 0) is 19.5 Å². The fraction of sp³-hybridized carbons (Fsp3) is 0. The Morgan fingerprint density at radius 1 is 0.812 bits per heavy atom. The molecule has 0 aromatic rings. The molecular formula is H13N7O8Ru-2. The molecule has 0 fully saturated rings. The molecule has 13 N–H and O–H groups in total. The third-order valence-corrected chi connectivity index (χ3v) is 0. The Labute approximate surface area is 101 Å². The van der Waals surface area contributed by atoms with Gasteiger partial charge in [-0.25, -0.2) is 0 Å². The molecule has 0 heterocycles. The van der Waals surface area contributed by atoms with Gasteiger partial charge < -0.3 is 60.5 Å². The van der Waals surface area contributed by atoms with Crippen LogP contribution in [0.4, 0.5) is 0 Å². The predicted octanol–water partition coefficient (Wildman–Crippen LogP) is 0.309. The Kier molecular flexibility index (Phi) is 288. The zero-order chi connectivity index (χ0) is 9.86. The topological polar surface area (TPSA) is 322 Å². The molecule has 0 aromatic heterocycles. The summed E-state index contributed by atoms with van der Waals surface area (Å²) in [6, 6.07) is 0. The van der Waals surface area contributed by atoms with E-state index in [-0.39, 0.29) is 44.1 Å². The second-order valence-corrected chi connectivity index (χ2v) is 0.529. The predicted molar refractivity (Wildman–Crippen MR) is 48.4 cm³/mol. The third kappa shape index (κ3) is 516. The van der Waals surface area contributed by atoms with Gasteiger partial charge in [0.25, 0.3) is 0 Å². The van der Waals surface area contributed by atoms with Gasteiger partial charge in [0.15, 0.2) is 5.34 Å². The summed E-state index contributed by atoms with van der Waals surface area (Å²) >= 11 is 0. The molecule has 0 unspecified atom stereocenters. The maximum absolute atomic E-state index is 8.25. The molecule has 0 spiro atoms. The number of hydrogen-bond acceptors (Lipinski definition) is 12. The van der Waals surface area contributed by atoms with Gasteiger partial charge in [0.1, 0.15) is 0 Å². The van der Waals surface area contributed by atoms with E-state index in [1.807, 2.05) is 0 Å². The summed E-state index contributed by atoms with van der Waals surface area (Å²) in [5, 5.41) is 37.4. The summed E-state index contributed by atoms with van der Waals surface area (Å²) in [5.74, 6) is 0. The van der Waals surface area contributed by atoms with Gasteiger partial charge in [0, 0.05) is 19.5 Å². The molecule has 0 bridgehead atoms. The van der Waals surface area contributed by atoms with Crippen LogP contribution in [0.3, 0.4) is 0 Å². The molecule has 0 saturated carbocycles. The van der Waals surface area contributed by atoms with Crippen molar-refractivity contribution in [3.05, 3.63) is 35.6 Å². The zero-order valence-electron chi connectivity index (χ0n) is 7.83. The second-order valence-electron chi connectivity index (χ2n) is 0.529. The van der Waals surface area contributed by atoms with E-state index in [1.54, 1.807) is 0 Å². The van der Waals surface area contributed by atoms with Gasteiger partial charge in [0.05, 0.1) is 10.2 Å². The normalized spacial score (nSPS) is 3.75.